The van der Waals surface area contributed by atoms with Crippen molar-refractivity contribution in [2.24, 2.45) is 5.92 Å². The van der Waals surface area contributed by atoms with Gasteiger partial charge >= 0.3 is 0 Å². The number of nitrogens with zero attached hydrogens (tertiary/aromatic N) is 4. The van der Waals surface area contributed by atoms with Crippen molar-refractivity contribution in [3.63, 3.8) is 0 Å². The number of anilines is 1. The van der Waals surface area contributed by atoms with Crippen molar-refractivity contribution in [3.8, 4) is 0 Å². The summed E-state index contributed by atoms with van der Waals surface area (Å²) in [5.41, 5.74) is 0.429. The van der Waals surface area contributed by atoms with E-state index in [0.29, 0.717) is 29.6 Å². The van der Waals surface area contributed by atoms with Crippen LogP contribution < -0.4 is 5.32 Å². The lowest BCUT2D eigenvalue weighted by Crippen LogP contribution is -2.48. The van der Waals surface area contributed by atoms with Gasteiger partial charge in [0, 0.05) is 44.7 Å². The van der Waals surface area contributed by atoms with Crippen molar-refractivity contribution < 1.29 is 9.53 Å². The number of carbonyl (C=O) groups excluding carboxylic acids is 1. The van der Waals surface area contributed by atoms with E-state index in [2.05, 4.69) is 27.2 Å². The third kappa shape index (κ3) is 2.90. The fraction of sp³-hybridized carbons (Fsp3) is 0.688. The molecule has 3 atom stereocenters. The molecular formula is C16H23N5O2. The van der Waals surface area contributed by atoms with Crippen LogP contribution in [0.25, 0.3) is 0 Å². The van der Waals surface area contributed by atoms with Gasteiger partial charge in [0.15, 0.2) is 0 Å². The molecule has 1 amide bonds. The minimum absolute atomic E-state index is 0.0232. The number of aromatic nitrogens is 2. The first-order valence-electron chi connectivity index (χ1n) is 8.39. The van der Waals surface area contributed by atoms with E-state index in [4.69, 9.17) is 4.74 Å². The van der Waals surface area contributed by atoms with Gasteiger partial charge in [0.05, 0.1) is 18.5 Å². The zero-order valence-electron chi connectivity index (χ0n) is 13.4. The number of likely N-dealkylation sites (N-methyl/N-ethyl adjacent to an activating group) is 1. The van der Waals surface area contributed by atoms with Crippen LogP contribution in [0.2, 0.25) is 0 Å². The molecule has 3 aliphatic rings. The number of nitrogens with one attached hydrogen (secondary N) is 1. The lowest BCUT2D eigenvalue weighted by atomic mass is 9.76. The molecule has 1 saturated carbocycles. The van der Waals surface area contributed by atoms with Gasteiger partial charge in [0.1, 0.15) is 11.5 Å². The molecule has 0 spiro atoms. The summed E-state index contributed by atoms with van der Waals surface area (Å²) >= 11 is 0. The summed E-state index contributed by atoms with van der Waals surface area (Å²) in [5, 5.41) is 3.42. The van der Waals surface area contributed by atoms with Crippen molar-refractivity contribution in [1.29, 1.82) is 0 Å². The maximum absolute atomic E-state index is 12.6. The molecule has 2 aliphatic heterocycles. The number of piperazine rings is 1. The van der Waals surface area contributed by atoms with E-state index >= 15 is 0 Å². The summed E-state index contributed by atoms with van der Waals surface area (Å²) in [7, 11) is 2.07. The van der Waals surface area contributed by atoms with Gasteiger partial charge in [-0.2, -0.15) is 0 Å². The standard InChI is InChI=1S/C16H23N5O2/c1-20-3-5-21(6-4-20)16(22)13-9-17-10-15(19-13)18-12-8-14-11(12)2-7-23-14/h9-12,14H,2-8H2,1H3,(H,18,19)/t11-,12+,14+/m0/s1. The van der Waals surface area contributed by atoms with Gasteiger partial charge in [0.2, 0.25) is 0 Å². The van der Waals surface area contributed by atoms with E-state index in [1.165, 1.54) is 0 Å². The molecule has 1 N–H and O–H groups in total. The highest BCUT2D eigenvalue weighted by molar-refractivity contribution is 5.92. The Hall–Kier alpha value is -1.73. The minimum atomic E-state index is -0.0232. The molecule has 3 fully saturated rings. The molecule has 7 nitrogen and oxygen atoms in total. The van der Waals surface area contributed by atoms with Crippen molar-refractivity contribution in [3.05, 3.63) is 18.1 Å². The van der Waals surface area contributed by atoms with Gasteiger partial charge < -0.3 is 19.9 Å². The highest BCUT2D eigenvalue weighted by Gasteiger charge is 2.45. The molecule has 2 saturated heterocycles. The SMILES string of the molecule is CN1CCN(C(=O)c2cncc(N[C@@H]3C[C@H]4OCC[C@@H]34)n2)CC1. The molecule has 0 unspecified atom stereocenters. The number of hydrogen-bond donors (Lipinski definition) is 1. The van der Waals surface area contributed by atoms with Crippen molar-refractivity contribution in [1.82, 2.24) is 19.8 Å². The lowest BCUT2D eigenvalue weighted by Gasteiger charge is -2.39. The third-order valence-corrected chi connectivity index (χ3v) is 5.24. The van der Waals surface area contributed by atoms with Gasteiger partial charge in [-0.25, -0.2) is 4.98 Å². The highest BCUT2D eigenvalue weighted by atomic mass is 16.5. The summed E-state index contributed by atoms with van der Waals surface area (Å²) in [6.45, 7) is 4.17. The number of carbonyl (C=O) groups is 1. The summed E-state index contributed by atoms with van der Waals surface area (Å²) in [5.74, 6) is 1.25. The van der Waals surface area contributed by atoms with Crippen LogP contribution in [-0.4, -0.2) is 77.7 Å². The molecule has 7 heteroatoms. The zero-order valence-corrected chi connectivity index (χ0v) is 13.4. The maximum atomic E-state index is 12.6. The van der Waals surface area contributed by atoms with E-state index in [1.54, 1.807) is 12.4 Å². The molecule has 4 rings (SSSR count). The normalized spacial score (nSPS) is 30.7. The number of hydrogen-bond acceptors (Lipinski definition) is 6. The number of rotatable bonds is 3. The Labute approximate surface area is 136 Å². The van der Waals surface area contributed by atoms with Crippen LogP contribution in [0.3, 0.4) is 0 Å². The fourth-order valence-electron chi connectivity index (χ4n) is 3.66. The smallest absolute Gasteiger partial charge is 0.274 e. The van der Waals surface area contributed by atoms with Crippen molar-refractivity contribution in [2.75, 3.05) is 45.2 Å². The molecule has 0 bridgehead atoms. The Morgan fingerprint density at radius 2 is 2.13 bits per heavy atom. The average molecular weight is 317 g/mol. The lowest BCUT2D eigenvalue weighted by molar-refractivity contribution is 0.0246. The van der Waals surface area contributed by atoms with E-state index in [9.17, 15) is 4.79 Å². The fourth-order valence-corrected chi connectivity index (χ4v) is 3.66. The van der Waals surface area contributed by atoms with Crippen molar-refractivity contribution >= 4 is 11.7 Å². The number of amides is 1. The van der Waals surface area contributed by atoms with Crippen LogP contribution in [0.1, 0.15) is 23.3 Å². The molecule has 1 aromatic rings. The summed E-state index contributed by atoms with van der Waals surface area (Å²) in [6.07, 6.45) is 5.80. The molecule has 0 aromatic carbocycles. The van der Waals surface area contributed by atoms with Gasteiger partial charge in [-0.05, 0) is 19.9 Å². The Kier molecular flexibility index (Phi) is 3.90. The molecule has 1 aliphatic carbocycles. The topological polar surface area (TPSA) is 70.6 Å². The van der Waals surface area contributed by atoms with Crippen LogP contribution in [0.15, 0.2) is 12.4 Å². The van der Waals surface area contributed by atoms with Crippen molar-refractivity contribution in [2.45, 2.75) is 25.0 Å². The predicted molar refractivity (Wildman–Crippen MR) is 85.3 cm³/mol. The van der Waals surface area contributed by atoms with Gasteiger partial charge in [-0.15, -0.1) is 0 Å². The first-order valence-corrected chi connectivity index (χ1v) is 8.39. The maximum Gasteiger partial charge on any atom is 0.274 e. The Balaban J connectivity index is 1.41. The number of fused-ring (bicyclic) bond motifs is 1. The first kappa shape index (κ1) is 14.8. The third-order valence-electron chi connectivity index (χ3n) is 5.24. The van der Waals surface area contributed by atoms with Crippen LogP contribution in [0.5, 0.6) is 0 Å². The van der Waals surface area contributed by atoms with Crippen LogP contribution in [0, 0.1) is 5.92 Å². The molecule has 0 radical (unpaired) electrons. The minimum Gasteiger partial charge on any atom is -0.378 e. The van der Waals surface area contributed by atoms with E-state index in [-0.39, 0.29) is 5.91 Å². The van der Waals surface area contributed by atoms with Crippen LogP contribution in [0.4, 0.5) is 5.82 Å². The predicted octanol–water partition coefficient (Wildman–Crippen LogP) is 0.454. The van der Waals surface area contributed by atoms with Gasteiger partial charge in [-0.1, -0.05) is 0 Å². The summed E-state index contributed by atoms with van der Waals surface area (Å²) < 4.78 is 5.63. The van der Waals surface area contributed by atoms with Crippen LogP contribution in [-0.2, 0) is 4.74 Å². The monoisotopic (exact) mass is 317 g/mol. The first-order chi connectivity index (χ1) is 11.2. The summed E-state index contributed by atoms with van der Waals surface area (Å²) in [6, 6.07) is 0.394. The second-order valence-corrected chi connectivity index (χ2v) is 6.73. The van der Waals surface area contributed by atoms with Crippen LogP contribution >= 0.6 is 0 Å². The molecule has 1 aromatic heterocycles. The highest BCUT2D eigenvalue weighted by Crippen LogP contribution is 2.39. The summed E-state index contributed by atoms with van der Waals surface area (Å²) in [4.78, 5) is 25.3. The molecule has 124 valence electrons. The van der Waals surface area contributed by atoms with E-state index in [1.807, 2.05) is 4.90 Å². The van der Waals surface area contributed by atoms with Gasteiger partial charge in [-0.3, -0.25) is 9.78 Å². The Morgan fingerprint density at radius 3 is 2.91 bits per heavy atom. The largest absolute Gasteiger partial charge is 0.378 e. The molecule has 23 heavy (non-hydrogen) atoms. The zero-order chi connectivity index (χ0) is 15.8. The second kappa shape index (κ2) is 6.05. The molecular weight excluding hydrogens is 294 g/mol. The van der Waals surface area contributed by atoms with E-state index in [0.717, 1.165) is 45.6 Å². The van der Waals surface area contributed by atoms with E-state index < -0.39 is 0 Å². The van der Waals surface area contributed by atoms with Gasteiger partial charge in [0.25, 0.3) is 5.91 Å². The second-order valence-electron chi connectivity index (χ2n) is 6.73. The molecule has 3 heterocycles. The average Bonchev–Trinajstić information content (AvgIpc) is 2.94. The number of ether oxygens (including phenoxy) is 1. The Morgan fingerprint density at radius 1 is 1.30 bits per heavy atom. The Bertz CT molecular complexity index is 588. The quantitative estimate of drug-likeness (QED) is 0.873.